The van der Waals surface area contributed by atoms with Crippen LogP contribution in [0, 0.1) is 16.7 Å². The fourth-order valence-electron chi connectivity index (χ4n) is 0.908. The molecule has 0 aromatic carbocycles. The van der Waals surface area contributed by atoms with Crippen molar-refractivity contribution in [3.8, 4) is 6.07 Å². The third-order valence-electron chi connectivity index (χ3n) is 1.47. The molecule has 1 rings (SSSR count). The van der Waals surface area contributed by atoms with Gasteiger partial charge in [-0.15, -0.1) is 0 Å². The lowest BCUT2D eigenvalue weighted by molar-refractivity contribution is 0.989. The molecule has 13 heavy (non-hydrogen) atoms. The summed E-state index contributed by atoms with van der Waals surface area (Å²) in [6.45, 7) is 0. The lowest BCUT2D eigenvalue weighted by atomic mass is 10.2. The summed E-state index contributed by atoms with van der Waals surface area (Å²) in [5.74, 6) is 0. The average Bonchev–Trinajstić information content (AvgIpc) is 2.15. The average molecular weight is 238 g/mol. The summed E-state index contributed by atoms with van der Waals surface area (Å²) in [6.07, 6.45) is 7.88. The summed E-state index contributed by atoms with van der Waals surface area (Å²) in [5.41, 5.74) is 1.41. The van der Waals surface area contributed by atoms with Crippen molar-refractivity contribution >= 4 is 20.6 Å². The number of hydrogen-bond donors (Lipinski definition) is 2. The molecule has 0 aromatic heterocycles. The number of hydrogen-bond acceptors (Lipinski definition) is 3. The summed E-state index contributed by atoms with van der Waals surface area (Å²) in [6, 6.07) is 2.03. The lowest BCUT2D eigenvalue weighted by Crippen LogP contribution is -2.12. The zero-order valence-corrected chi connectivity index (χ0v) is 8.43. The highest BCUT2D eigenvalue weighted by molar-refractivity contribution is 9.18. The molecular weight excluding hydrogens is 230 g/mol. The minimum absolute atomic E-state index is 0.309. The van der Waals surface area contributed by atoms with E-state index >= 15 is 0 Å². The summed E-state index contributed by atoms with van der Waals surface area (Å²) < 4.78 is 0.309. The monoisotopic (exact) mass is 237 g/mol. The van der Waals surface area contributed by atoms with Crippen LogP contribution in [0.4, 0.5) is 0 Å². The Morgan fingerprint density at radius 3 is 3.08 bits per heavy atom. The van der Waals surface area contributed by atoms with E-state index in [1.165, 1.54) is 0 Å². The molecule has 0 amide bonds. The maximum absolute atomic E-state index is 8.60. The lowest BCUT2D eigenvalue weighted by Gasteiger charge is -2.09. The molecule has 4 heteroatoms. The fraction of sp³-hybridized carbons (Fsp3) is 0.111. The van der Waals surface area contributed by atoms with Crippen molar-refractivity contribution in [1.29, 1.82) is 10.7 Å². The van der Waals surface area contributed by atoms with Gasteiger partial charge in [0.05, 0.1) is 4.62 Å². The zero-order valence-electron chi connectivity index (χ0n) is 6.84. The minimum atomic E-state index is 0.309. The first-order valence-corrected chi connectivity index (χ1v) is 4.51. The van der Waals surface area contributed by atoms with Crippen LogP contribution in [-0.2, 0) is 0 Å². The second-order valence-corrected chi connectivity index (χ2v) is 3.29. The van der Waals surface area contributed by atoms with E-state index in [2.05, 4.69) is 21.2 Å². The van der Waals surface area contributed by atoms with Crippen molar-refractivity contribution in [3.05, 3.63) is 35.7 Å². The zero-order chi connectivity index (χ0) is 9.68. The minimum Gasteiger partial charge on any atom is -0.347 e. The number of nitrogens with one attached hydrogen (secondary N) is 2. The predicted octanol–water partition coefficient (Wildman–Crippen LogP) is 2.20. The van der Waals surface area contributed by atoms with E-state index in [0.29, 0.717) is 10.3 Å². The molecule has 2 N–H and O–H groups in total. The van der Waals surface area contributed by atoms with Crippen molar-refractivity contribution < 1.29 is 0 Å². The molecule has 0 spiro atoms. The predicted molar refractivity (Wildman–Crippen MR) is 55.3 cm³/mol. The Labute approximate surface area is 85.1 Å². The Morgan fingerprint density at radius 1 is 1.69 bits per heavy atom. The Kier molecular flexibility index (Phi) is 3.47. The van der Waals surface area contributed by atoms with Crippen molar-refractivity contribution in [2.45, 2.75) is 6.42 Å². The fourth-order valence-corrected chi connectivity index (χ4v) is 1.04. The normalized spacial score (nSPS) is 15.7. The van der Waals surface area contributed by atoms with Gasteiger partial charge in [-0.25, -0.2) is 0 Å². The Balaban J connectivity index is 2.61. The van der Waals surface area contributed by atoms with Gasteiger partial charge in [0.2, 0.25) is 0 Å². The van der Waals surface area contributed by atoms with Crippen LogP contribution in [0.3, 0.4) is 0 Å². The van der Waals surface area contributed by atoms with Crippen LogP contribution in [0.5, 0.6) is 0 Å². The van der Waals surface area contributed by atoms with Crippen molar-refractivity contribution in [2.24, 2.45) is 0 Å². The van der Waals surface area contributed by atoms with Gasteiger partial charge in [0, 0.05) is 5.70 Å². The third kappa shape index (κ3) is 3.26. The third-order valence-corrected chi connectivity index (χ3v) is 1.73. The van der Waals surface area contributed by atoms with Crippen LogP contribution >= 0.6 is 15.9 Å². The highest BCUT2D eigenvalue weighted by atomic mass is 79.9. The van der Waals surface area contributed by atoms with Gasteiger partial charge in [0.15, 0.2) is 0 Å². The molecule has 1 aliphatic heterocycles. The molecule has 0 saturated carbocycles. The van der Waals surface area contributed by atoms with Gasteiger partial charge in [-0.2, -0.15) is 5.26 Å². The molecule has 1 aliphatic rings. The van der Waals surface area contributed by atoms with E-state index in [1.807, 2.05) is 18.2 Å². The number of nitriles is 1. The van der Waals surface area contributed by atoms with Crippen molar-refractivity contribution in [3.63, 3.8) is 0 Å². The smallest absolute Gasteiger partial charge is 0.117 e. The Hall–Kier alpha value is -1.34. The Bertz CT molecular complexity index is 344. The van der Waals surface area contributed by atoms with Crippen LogP contribution in [0.25, 0.3) is 0 Å². The quantitative estimate of drug-likeness (QED) is 0.724. The molecule has 0 radical (unpaired) electrons. The molecule has 0 atom stereocenters. The molecule has 0 bridgehead atoms. The van der Waals surface area contributed by atoms with Gasteiger partial charge >= 0.3 is 0 Å². The molecule has 0 fully saturated rings. The number of nitrogens with zero attached hydrogens (tertiary/aromatic N) is 1. The molecule has 0 unspecified atom stereocenters. The topological polar surface area (TPSA) is 59.7 Å². The molecule has 3 nitrogen and oxygen atoms in total. The van der Waals surface area contributed by atoms with Crippen molar-refractivity contribution in [1.82, 2.24) is 5.32 Å². The standard InChI is InChI=1S/C9H8BrN3/c10-9(12)5-4-7-2-1-3-8(6-11)13-7/h2-5,12-13H,1H2/b5-4-,12-9?. The second-order valence-electron chi connectivity index (χ2n) is 2.43. The Morgan fingerprint density at radius 2 is 2.46 bits per heavy atom. The number of halogens is 1. The van der Waals surface area contributed by atoms with E-state index in [9.17, 15) is 0 Å². The maximum atomic E-state index is 8.60. The first-order chi connectivity index (χ1) is 6.22. The van der Waals surface area contributed by atoms with Crippen LogP contribution in [0.15, 0.2) is 35.7 Å². The van der Waals surface area contributed by atoms with Gasteiger partial charge < -0.3 is 5.32 Å². The summed E-state index contributed by atoms with van der Waals surface area (Å²) in [7, 11) is 0. The van der Waals surface area contributed by atoms with Gasteiger partial charge in [-0.3, -0.25) is 5.41 Å². The molecule has 1 heterocycles. The molecule has 0 aromatic rings. The van der Waals surface area contributed by atoms with Crippen LogP contribution in [0.1, 0.15) is 6.42 Å². The summed E-state index contributed by atoms with van der Waals surface area (Å²) >= 11 is 3.00. The maximum Gasteiger partial charge on any atom is 0.117 e. The summed E-state index contributed by atoms with van der Waals surface area (Å²) in [4.78, 5) is 0. The van der Waals surface area contributed by atoms with E-state index in [1.54, 1.807) is 12.2 Å². The van der Waals surface area contributed by atoms with Gasteiger partial charge in [0.1, 0.15) is 11.8 Å². The van der Waals surface area contributed by atoms with E-state index in [4.69, 9.17) is 10.7 Å². The number of allylic oxidation sites excluding steroid dienone is 5. The van der Waals surface area contributed by atoms with Gasteiger partial charge in [0.25, 0.3) is 0 Å². The van der Waals surface area contributed by atoms with E-state index in [-0.39, 0.29) is 0 Å². The van der Waals surface area contributed by atoms with Crippen LogP contribution in [0.2, 0.25) is 0 Å². The first-order valence-electron chi connectivity index (χ1n) is 3.72. The first kappa shape index (κ1) is 9.75. The highest BCUT2D eigenvalue weighted by Crippen LogP contribution is 2.07. The second kappa shape index (κ2) is 4.63. The SMILES string of the molecule is N#CC1=CCC=C(/C=C\C(=N)Br)N1. The largest absolute Gasteiger partial charge is 0.347 e. The van der Waals surface area contributed by atoms with Crippen LogP contribution in [-0.4, -0.2) is 4.62 Å². The molecule has 0 saturated heterocycles. The molecule has 0 aliphatic carbocycles. The van der Waals surface area contributed by atoms with E-state index < -0.39 is 0 Å². The summed E-state index contributed by atoms with van der Waals surface area (Å²) in [5, 5.41) is 18.6. The number of rotatable bonds is 2. The molecular formula is C9H8BrN3. The number of dihydropyridines is 1. The van der Waals surface area contributed by atoms with E-state index in [0.717, 1.165) is 12.1 Å². The van der Waals surface area contributed by atoms with Gasteiger partial charge in [-0.1, -0.05) is 6.08 Å². The van der Waals surface area contributed by atoms with Crippen LogP contribution < -0.4 is 5.32 Å². The molecule has 66 valence electrons. The van der Waals surface area contributed by atoms with Gasteiger partial charge in [-0.05, 0) is 40.6 Å². The van der Waals surface area contributed by atoms with Crippen molar-refractivity contribution in [2.75, 3.05) is 0 Å². The highest BCUT2D eigenvalue weighted by Gasteiger charge is 2.01.